The van der Waals surface area contributed by atoms with Crippen molar-refractivity contribution in [2.45, 2.75) is 69.2 Å². The van der Waals surface area contributed by atoms with Crippen molar-refractivity contribution in [3.63, 3.8) is 0 Å². The van der Waals surface area contributed by atoms with Crippen LogP contribution in [0.3, 0.4) is 0 Å². The molecule has 0 saturated carbocycles. The van der Waals surface area contributed by atoms with E-state index in [-0.39, 0.29) is 44.7 Å². The molecule has 0 bridgehead atoms. The van der Waals surface area contributed by atoms with Crippen LogP contribution in [0, 0.1) is 0 Å². The van der Waals surface area contributed by atoms with Gasteiger partial charge in [0.25, 0.3) is 11.8 Å². The van der Waals surface area contributed by atoms with Crippen molar-refractivity contribution in [2.24, 2.45) is 0 Å². The summed E-state index contributed by atoms with van der Waals surface area (Å²) in [5, 5.41) is 41.3. The number of amides is 3. The van der Waals surface area contributed by atoms with E-state index in [1.54, 1.807) is 0 Å². The molecule has 176 valence electrons. The molecule has 2 fully saturated rings. The fourth-order valence-corrected chi connectivity index (χ4v) is 3.02. The first-order valence-electron chi connectivity index (χ1n) is 10.00. The van der Waals surface area contributed by atoms with Crippen LogP contribution in [-0.2, 0) is 33.5 Å². The fraction of sp³-hybridized carbons (Fsp3) is 0.778. The zero-order chi connectivity index (χ0) is 23.0. The lowest BCUT2D eigenvalue weighted by atomic mass is 9.99. The van der Waals surface area contributed by atoms with Gasteiger partial charge in [-0.2, -0.15) is 0 Å². The van der Waals surface area contributed by atoms with E-state index in [9.17, 15) is 34.5 Å². The van der Waals surface area contributed by atoms with Gasteiger partial charge in [0.15, 0.2) is 6.29 Å². The average Bonchev–Trinajstić information content (AvgIpc) is 3.06. The predicted molar refractivity (Wildman–Crippen MR) is 98.4 cm³/mol. The molecule has 2 rings (SSSR count). The summed E-state index contributed by atoms with van der Waals surface area (Å²) >= 11 is 0. The number of imide groups is 1. The van der Waals surface area contributed by atoms with Gasteiger partial charge in [0.2, 0.25) is 5.91 Å². The van der Waals surface area contributed by atoms with Crippen molar-refractivity contribution in [1.29, 1.82) is 0 Å². The number of hydrogen-bond donors (Lipinski definition) is 5. The number of unbranched alkanes of at least 4 members (excludes halogenated alkanes) is 1. The molecule has 0 radical (unpaired) electrons. The van der Waals surface area contributed by atoms with Crippen molar-refractivity contribution < 1.29 is 53.9 Å². The molecule has 13 nitrogen and oxygen atoms in total. The van der Waals surface area contributed by atoms with E-state index in [1.807, 2.05) is 0 Å². The maximum Gasteiger partial charge on any atom is 0.333 e. The highest BCUT2D eigenvalue weighted by Crippen LogP contribution is 2.21. The summed E-state index contributed by atoms with van der Waals surface area (Å²) in [7, 11) is 0. The Balaban J connectivity index is 1.55. The lowest BCUT2D eigenvalue weighted by molar-refractivity contribution is -0.300. The molecule has 0 aliphatic carbocycles. The van der Waals surface area contributed by atoms with Crippen LogP contribution in [0.1, 0.15) is 38.5 Å². The molecule has 0 aromatic heterocycles. The molecule has 13 heteroatoms. The minimum atomic E-state index is -1.54. The highest BCUT2D eigenvalue weighted by atomic mass is 16.7. The Morgan fingerprint density at radius 2 is 1.68 bits per heavy atom. The van der Waals surface area contributed by atoms with E-state index in [1.165, 1.54) is 0 Å². The topological polar surface area (TPSA) is 192 Å². The van der Waals surface area contributed by atoms with Gasteiger partial charge in [0, 0.05) is 32.2 Å². The Hall–Kier alpha value is -2.16. The average molecular weight is 448 g/mol. The molecule has 0 unspecified atom stereocenters. The van der Waals surface area contributed by atoms with Gasteiger partial charge in [0.05, 0.1) is 13.2 Å². The van der Waals surface area contributed by atoms with Crippen LogP contribution in [0.5, 0.6) is 0 Å². The van der Waals surface area contributed by atoms with Gasteiger partial charge in [-0.05, 0) is 12.8 Å². The Morgan fingerprint density at radius 3 is 2.32 bits per heavy atom. The second-order valence-corrected chi connectivity index (χ2v) is 7.17. The second kappa shape index (κ2) is 12.0. The van der Waals surface area contributed by atoms with Gasteiger partial charge < -0.3 is 40.1 Å². The van der Waals surface area contributed by atoms with Crippen LogP contribution < -0.4 is 5.32 Å². The largest absolute Gasteiger partial charge is 0.394 e. The smallest absolute Gasteiger partial charge is 0.333 e. The summed E-state index contributed by atoms with van der Waals surface area (Å²) < 4.78 is 10.4. The first kappa shape index (κ1) is 25.1. The minimum Gasteiger partial charge on any atom is -0.394 e. The molecule has 0 spiro atoms. The molecule has 5 N–H and O–H groups in total. The molecule has 2 heterocycles. The summed E-state index contributed by atoms with van der Waals surface area (Å²) in [6.45, 7) is -0.548. The number of nitrogens with zero attached hydrogens (tertiary/aromatic N) is 1. The molecule has 0 aromatic rings. The Labute approximate surface area is 177 Å². The SMILES string of the molecule is O=C(CCCCC(=O)ON1C(=O)CCC1=O)NCCO[C@@H]1O[C@H](CO)[C@@H](O)[C@H](O)[C@@H]1O. The quantitative estimate of drug-likeness (QED) is 0.161. The van der Waals surface area contributed by atoms with Gasteiger partial charge in [0.1, 0.15) is 24.4 Å². The molecular weight excluding hydrogens is 420 g/mol. The van der Waals surface area contributed by atoms with Crippen molar-refractivity contribution in [3.8, 4) is 0 Å². The van der Waals surface area contributed by atoms with Crippen molar-refractivity contribution in [2.75, 3.05) is 19.8 Å². The number of carbonyl (C=O) groups excluding carboxylic acids is 4. The number of rotatable bonds is 11. The lowest BCUT2D eigenvalue weighted by Crippen LogP contribution is -2.59. The minimum absolute atomic E-state index is 0.0202. The standard InChI is InChI=1S/C18H28N2O11/c21-9-10-15(26)16(27)17(28)18(30-10)29-8-7-19-11(22)3-1-2-4-14(25)31-20-12(23)5-6-13(20)24/h10,15-18,21,26-28H,1-9H2,(H,19,22)/t10-,15-,16+,17+,18-/m1/s1. The number of hydroxylamine groups is 2. The van der Waals surface area contributed by atoms with E-state index < -0.39 is 55.1 Å². The second-order valence-electron chi connectivity index (χ2n) is 7.17. The fourth-order valence-electron chi connectivity index (χ4n) is 3.02. The highest BCUT2D eigenvalue weighted by molar-refractivity contribution is 6.01. The molecule has 2 aliphatic heterocycles. The van der Waals surface area contributed by atoms with Crippen LogP contribution in [0.2, 0.25) is 0 Å². The van der Waals surface area contributed by atoms with Crippen LogP contribution in [0.4, 0.5) is 0 Å². The molecule has 31 heavy (non-hydrogen) atoms. The number of aliphatic hydroxyl groups is 4. The maximum atomic E-state index is 11.8. The number of aliphatic hydroxyl groups excluding tert-OH is 4. The molecule has 2 saturated heterocycles. The summed E-state index contributed by atoms with van der Waals surface area (Å²) in [5.74, 6) is -2.14. The van der Waals surface area contributed by atoms with Crippen LogP contribution in [-0.4, -0.2) is 99.6 Å². The summed E-state index contributed by atoms with van der Waals surface area (Å²) in [6, 6.07) is 0. The Morgan fingerprint density at radius 1 is 1.03 bits per heavy atom. The normalized spacial score (nSPS) is 28.6. The van der Waals surface area contributed by atoms with Crippen LogP contribution >= 0.6 is 0 Å². The van der Waals surface area contributed by atoms with E-state index in [0.717, 1.165) is 0 Å². The van der Waals surface area contributed by atoms with Crippen molar-refractivity contribution in [1.82, 2.24) is 10.4 Å². The van der Waals surface area contributed by atoms with Crippen molar-refractivity contribution >= 4 is 23.7 Å². The zero-order valence-electron chi connectivity index (χ0n) is 16.8. The number of hydrogen-bond acceptors (Lipinski definition) is 11. The molecule has 2 aliphatic rings. The van der Waals surface area contributed by atoms with Crippen LogP contribution in [0.15, 0.2) is 0 Å². The van der Waals surface area contributed by atoms with Gasteiger partial charge in [-0.1, -0.05) is 0 Å². The summed E-state index contributed by atoms with van der Waals surface area (Å²) in [6.07, 6.45) is -6.08. The molecule has 5 atom stereocenters. The third-order valence-electron chi connectivity index (χ3n) is 4.79. The number of nitrogens with one attached hydrogen (secondary N) is 1. The highest BCUT2D eigenvalue weighted by Gasteiger charge is 2.43. The zero-order valence-corrected chi connectivity index (χ0v) is 16.8. The number of carbonyl (C=O) groups is 4. The molecule has 3 amide bonds. The van der Waals surface area contributed by atoms with Gasteiger partial charge in [-0.15, -0.1) is 5.06 Å². The third kappa shape index (κ3) is 7.19. The van der Waals surface area contributed by atoms with Gasteiger partial charge in [-0.3, -0.25) is 14.4 Å². The first-order chi connectivity index (χ1) is 14.7. The van der Waals surface area contributed by atoms with E-state index in [4.69, 9.17) is 19.4 Å². The molecular formula is C18H28N2O11. The van der Waals surface area contributed by atoms with E-state index in [2.05, 4.69) is 5.32 Å². The van der Waals surface area contributed by atoms with E-state index in [0.29, 0.717) is 17.9 Å². The third-order valence-corrected chi connectivity index (χ3v) is 4.79. The summed E-state index contributed by atoms with van der Waals surface area (Å²) in [5.41, 5.74) is 0. The lowest BCUT2D eigenvalue weighted by Gasteiger charge is -2.39. The molecule has 0 aromatic carbocycles. The summed E-state index contributed by atoms with van der Waals surface area (Å²) in [4.78, 5) is 50.9. The Kier molecular flexibility index (Phi) is 9.74. The van der Waals surface area contributed by atoms with Gasteiger partial charge in [-0.25, -0.2) is 4.79 Å². The Bertz CT molecular complexity index is 640. The van der Waals surface area contributed by atoms with Crippen LogP contribution in [0.25, 0.3) is 0 Å². The number of ether oxygens (including phenoxy) is 2. The van der Waals surface area contributed by atoms with E-state index >= 15 is 0 Å². The van der Waals surface area contributed by atoms with Crippen molar-refractivity contribution in [3.05, 3.63) is 0 Å². The first-order valence-corrected chi connectivity index (χ1v) is 10.00. The maximum absolute atomic E-state index is 11.8. The monoisotopic (exact) mass is 448 g/mol. The van der Waals surface area contributed by atoms with Gasteiger partial charge >= 0.3 is 5.97 Å². The predicted octanol–water partition coefficient (Wildman–Crippen LogP) is -2.91.